The van der Waals surface area contributed by atoms with Gasteiger partial charge in [-0.25, -0.2) is 0 Å². The molecule has 142 valence electrons. The molecule has 1 heterocycles. The van der Waals surface area contributed by atoms with E-state index in [-0.39, 0.29) is 30.1 Å². The summed E-state index contributed by atoms with van der Waals surface area (Å²) >= 11 is 0. The molecule has 0 spiro atoms. The minimum Gasteiger partial charge on any atom is -0.484 e. The lowest BCUT2D eigenvalue weighted by atomic mass is 9.97. The second-order valence-corrected chi connectivity index (χ2v) is 6.71. The highest BCUT2D eigenvalue weighted by Crippen LogP contribution is 2.18. The van der Waals surface area contributed by atoms with Crippen LogP contribution < -0.4 is 10.1 Å². The predicted molar refractivity (Wildman–Crippen MR) is 98.9 cm³/mol. The van der Waals surface area contributed by atoms with Crippen LogP contribution in [0.2, 0.25) is 0 Å². The fourth-order valence-electron chi connectivity index (χ4n) is 3.05. The Labute approximate surface area is 154 Å². The molecule has 1 atom stereocenters. The van der Waals surface area contributed by atoms with Gasteiger partial charge in [0.1, 0.15) is 11.5 Å². The first kappa shape index (κ1) is 19.9. The molecule has 1 fully saturated rings. The standard InChI is InChI=1S/C20H28N2O4/c1-3-21-20(25)17-5-4-12-22(13-17)19(24)14-26-18-10-8-16(9-11-18)7-6-15(2)23/h8-11,17H,3-7,12-14H2,1-2H3,(H,21,25). The van der Waals surface area contributed by atoms with E-state index in [4.69, 9.17) is 4.74 Å². The van der Waals surface area contributed by atoms with Gasteiger partial charge in [-0.1, -0.05) is 12.1 Å². The molecule has 1 aromatic carbocycles. The van der Waals surface area contributed by atoms with Crippen molar-refractivity contribution < 1.29 is 19.1 Å². The Bertz CT molecular complexity index is 627. The zero-order chi connectivity index (χ0) is 18.9. The van der Waals surface area contributed by atoms with Gasteiger partial charge in [0, 0.05) is 26.1 Å². The minimum absolute atomic E-state index is 0.0204. The fourth-order valence-corrected chi connectivity index (χ4v) is 3.05. The second kappa shape index (κ2) is 9.94. The molecule has 1 aromatic rings. The van der Waals surface area contributed by atoms with Crippen molar-refractivity contribution in [3.8, 4) is 5.75 Å². The lowest BCUT2D eigenvalue weighted by molar-refractivity contribution is -0.137. The number of nitrogens with zero attached hydrogens (tertiary/aromatic N) is 1. The lowest BCUT2D eigenvalue weighted by Crippen LogP contribution is -2.46. The maximum Gasteiger partial charge on any atom is 0.260 e. The number of nitrogens with one attached hydrogen (secondary N) is 1. The summed E-state index contributed by atoms with van der Waals surface area (Å²) in [6.45, 7) is 5.17. The molecule has 1 saturated heterocycles. The minimum atomic E-state index is -0.131. The summed E-state index contributed by atoms with van der Waals surface area (Å²) in [6, 6.07) is 7.45. The van der Waals surface area contributed by atoms with Crippen LogP contribution in [0.4, 0.5) is 0 Å². The molecule has 0 saturated carbocycles. The maximum absolute atomic E-state index is 12.4. The van der Waals surface area contributed by atoms with E-state index in [0.717, 1.165) is 18.4 Å². The molecular weight excluding hydrogens is 332 g/mol. The first-order valence-electron chi connectivity index (χ1n) is 9.26. The number of hydrogen-bond acceptors (Lipinski definition) is 4. The van der Waals surface area contributed by atoms with Gasteiger partial charge in [-0.15, -0.1) is 0 Å². The van der Waals surface area contributed by atoms with Crippen molar-refractivity contribution in [3.63, 3.8) is 0 Å². The number of ether oxygens (including phenoxy) is 1. The first-order chi connectivity index (χ1) is 12.5. The Morgan fingerprint density at radius 3 is 2.62 bits per heavy atom. The van der Waals surface area contributed by atoms with E-state index in [1.54, 1.807) is 11.8 Å². The number of hydrogen-bond donors (Lipinski definition) is 1. The van der Waals surface area contributed by atoms with E-state index in [9.17, 15) is 14.4 Å². The first-order valence-corrected chi connectivity index (χ1v) is 9.26. The Morgan fingerprint density at radius 1 is 1.23 bits per heavy atom. The van der Waals surface area contributed by atoms with Gasteiger partial charge in [0.2, 0.25) is 5.91 Å². The number of carbonyl (C=O) groups excluding carboxylic acids is 3. The van der Waals surface area contributed by atoms with E-state index in [0.29, 0.717) is 38.2 Å². The Hall–Kier alpha value is -2.37. The predicted octanol–water partition coefficient (Wildman–Crippen LogP) is 1.96. The molecule has 0 aromatic heterocycles. The summed E-state index contributed by atoms with van der Waals surface area (Å²) < 4.78 is 5.59. The van der Waals surface area contributed by atoms with Crippen molar-refractivity contribution in [1.82, 2.24) is 10.2 Å². The fraction of sp³-hybridized carbons (Fsp3) is 0.550. The van der Waals surface area contributed by atoms with Crippen LogP contribution in [0.15, 0.2) is 24.3 Å². The van der Waals surface area contributed by atoms with Gasteiger partial charge in [0.15, 0.2) is 6.61 Å². The Balaban J connectivity index is 1.80. The van der Waals surface area contributed by atoms with Gasteiger partial charge < -0.3 is 19.7 Å². The van der Waals surface area contributed by atoms with E-state index < -0.39 is 0 Å². The van der Waals surface area contributed by atoms with Crippen LogP contribution in [0.1, 0.15) is 38.7 Å². The van der Waals surface area contributed by atoms with E-state index in [2.05, 4.69) is 5.32 Å². The normalized spacial score (nSPS) is 16.8. The number of ketones is 1. The van der Waals surface area contributed by atoms with Crippen molar-refractivity contribution >= 4 is 17.6 Å². The zero-order valence-electron chi connectivity index (χ0n) is 15.6. The molecular formula is C20H28N2O4. The summed E-state index contributed by atoms with van der Waals surface area (Å²) in [5.41, 5.74) is 1.07. The summed E-state index contributed by atoms with van der Waals surface area (Å²) in [6.07, 6.45) is 2.89. The number of Topliss-reactive ketones (excluding diaryl/α,β-unsaturated/α-hetero) is 1. The van der Waals surface area contributed by atoms with Crippen molar-refractivity contribution in [2.75, 3.05) is 26.2 Å². The summed E-state index contributed by atoms with van der Waals surface area (Å²) in [5, 5.41) is 2.83. The zero-order valence-corrected chi connectivity index (χ0v) is 15.6. The third kappa shape index (κ3) is 6.17. The van der Waals surface area contributed by atoms with Gasteiger partial charge in [0.05, 0.1) is 5.92 Å². The molecule has 2 amide bonds. The average Bonchev–Trinajstić information content (AvgIpc) is 2.65. The molecule has 1 aliphatic heterocycles. The molecule has 6 heteroatoms. The molecule has 6 nitrogen and oxygen atoms in total. The highest BCUT2D eigenvalue weighted by molar-refractivity contribution is 5.82. The summed E-state index contributed by atoms with van der Waals surface area (Å²) in [4.78, 5) is 37.1. The largest absolute Gasteiger partial charge is 0.484 e. The third-order valence-corrected chi connectivity index (χ3v) is 4.55. The lowest BCUT2D eigenvalue weighted by Gasteiger charge is -2.32. The van der Waals surface area contributed by atoms with Crippen molar-refractivity contribution in [2.45, 2.75) is 39.5 Å². The van der Waals surface area contributed by atoms with Gasteiger partial charge >= 0.3 is 0 Å². The summed E-state index contributed by atoms with van der Waals surface area (Å²) in [7, 11) is 0. The van der Waals surface area contributed by atoms with Crippen molar-refractivity contribution in [1.29, 1.82) is 0 Å². The average molecular weight is 360 g/mol. The molecule has 2 rings (SSSR count). The van der Waals surface area contributed by atoms with Gasteiger partial charge in [0.25, 0.3) is 5.91 Å². The van der Waals surface area contributed by atoms with Gasteiger partial charge in [-0.2, -0.15) is 0 Å². The third-order valence-electron chi connectivity index (χ3n) is 4.55. The number of carbonyl (C=O) groups is 3. The molecule has 1 unspecified atom stereocenters. The molecule has 0 bridgehead atoms. The van der Waals surface area contributed by atoms with Crippen LogP contribution in [0.25, 0.3) is 0 Å². The highest BCUT2D eigenvalue weighted by Gasteiger charge is 2.28. The van der Waals surface area contributed by atoms with E-state index >= 15 is 0 Å². The van der Waals surface area contributed by atoms with Crippen LogP contribution in [0, 0.1) is 5.92 Å². The Morgan fingerprint density at radius 2 is 1.96 bits per heavy atom. The van der Waals surface area contributed by atoms with Gasteiger partial charge in [-0.05, 0) is 50.8 Å². The monoisotopic (exact) mass is 360 g/mol. The highest BCUT2D eigenvalue weighted by atomic mass is 16.5. The number of piperidine rings is 1. The molecule has 0 radical (unpaired) electrons. The van der Waals surface area contributed by atoms with Crippen LogP contribution in [-0.4, -0.2) is 48.7 Å². The number of aryl methyl sites for hydroxylation is 1. The molecule has 1 aliphatic rings. The number of amides is 2. The SMILES string of the molecule is CCNC(=O)C1CCCN(C(=O)COc2ccc(CCC(C)=O)cc2)C1. The van der Waals surface area contributed by atoms with E-state index in [1.165, 1.54) is 0 Å². The van der Waals surface area contributed by atoms with Crippen molar-refractivity contribution in [2.24, 2.45) is 5.92 Å². The topological polar surface area (TPSA) is 75.7 Å². The van der Waals surface area contributed by atoms with Crippen LogP contribution >= 0.6 is 0 Å². The number of likely N-dealkylation sites (tertiary alicyclic amines) is 1. The van der Waals surface area contributed by atoms with Crippen LogP contribution in [-0.2, 0) is 20.8 Å². The maximum atomic E-state index is 12.4. The van der Waals surface area contributed by atoms with E-state index in [1.807, 2.05) is 31.2 Å². The molecule has 1 N–H and O–H groups in total. The summed E-state index contributed by atoms with van der Waals surface area (Å²) in [5.74, 6) is 0.588. The Kier molecular flexibility index (Phi) is 7.63. The molecule has 26 heavy (non-hydrogen) atoms. The quantitative estimate of drug-likeness (QED) is 0.769. The van der Waals surface area contributed by atoms with Crippen LogP contribution in [0.5, 0.6) is 5.75 Å². The smallest absolute Gasteiger partial charge is 0.260 e. The number of benzene rings is 1. The van der Waals surface area contributed by atoms with Gasteiger partial charge in [-0.3, -0.25) is 9.59 Å². The molecule has 0 aliphatic carbocycles. The van der Waals surface area contributed by atoms with Crippen LogP contribution in [0.3, 0.4) is 0 Å². The second-order valence-electron chi connectivity index (χ2n) is 6.71. The number of rotatable bonds is 8. The van der Waals surface area contributed by atoms with Crippen molar-refractivity contribution in [3.05, 3.63) is 29.8 Å².